The summed E-state index contributed by atoms with van der Waals surface area (Å²) in [7, 11) is 2.82. The Morgan fingerprint density at radius 3 is 2.31 bits per heavy atom. The number of Topliss-reactive ketones (excluding diaryl/α,β-unsaturated/α-hetero) is 1. The number of methoxy groups -OCH3 is 2. The third-order valence-corrected chi connectivity index (χ3v) is 6.36. The minimum Gasteiger partial charge on any atom is -0.507 e. The number of aryl methyl sites for hydroxylation is 2. The van der Waals surface area contributed by atoms with Gasteiger partial charge >= 0.3 is 5.97 Å². The molecule has 7 nitrogen and oxygen atoms in total. The quantitative estimate of drug-likeness (QED) is 0.229. The van der Waals surface area contributed by atoms with Gasteiger partial charge in [0.15, 0.2) is 0 Å². The molecule has 1 unspecified atom stereocenters. The van der Waals surface area contributed by atoms with Crippen LogP contribution in [0, 0.1) is 6.92 Å². The number of esters is 1. The zero-order chi connectivity index (χ0) is 26.0. The van der Waals surface area contributed by atoms with Crippen molar-refractivity contribution in [2.24, 2.45) is 0 Å². The maximum absolute atomic E-state index is 13.4. The molecule has 1 fully saturated rings. The molecule has 0 radical (unpaired) electrons. The Kier molecular flexibility index (Phi) is 6.92. The fraction of sp³-hybridized carbons (Fsp3) is 0.207. The van der Waals surface area contributed by atoms with Gasteiger partial charge in [0.1, 0.15) is 11.5 Å². The molecule has 0 aromatic heterocycles. The first-order valence-corrected chi connectivity index (χ1v) is 11.5. The number of carbonyl (C=O) groups excluding carboxylic acids is 3. The molecule has 0 aliphatic carbocycles. The van der Waals surface area contributed by atoms with E-state index >= 15 is 0 Å². The number of hydrogen-bond acceptors (Lipinski definition) is 6. The van der Waals surface area contributed by atoms with Crippen molar-refractivity contribution in [1.29, 1.82) is 0 Å². The van der Waals surface area contributed by atoms with E-state index in [4.69, 9.17) is 9.47 Å². The molecule has 1 N–H and O–H groups in total. The number of carbonyl (C=O) groups is 3. The summed E-state index contributed by atoms with van der Waals surface area (Å²) in [6.07, 6.45) is 0.826. The van der Waals surface area contributed by atoms with E-state index in [0.29, 0.717) is 22.6 Å². The Morgan fingerprint density at radius 1 is 0.972 bits per heavy atom. The van der Waals surface area contributed by atoms with Crippen LogP contribution in [0.1, 0.15) is 45.6 Å². The molecule has 1 saturated heterocycles. The molecule has 4 rings (SSSR count). The third-order valence-electron chi connectivity index (χ3n) is 6.36. The monoisotopic (exact) mass is 485 g/mol. The lowest BCUT2D eigenvalue weighted by molar-refractivity contribution is -0.132. The molecule has 7 heteroatoms. The standard InChI is InChI=1S/C29H27NO6/c1-5-18-9-11-19(12-10-18)25-24(26(31)20-13-14-23(35-3)17(2)15-20)27(32)28(33)30(25)22-8-6-7-21(16-22)29(34)36-4/h6-16,25,31H,5H2,1-4H3/b26-24+. The van der Waals surface area contributed by atoms with E-state index in [-0.39, 0.29) is 16.9 Å². The third kappa shape index (κ3) is 4.35. The topological polar surface area (TPSA) is 93.1 Å². The molecule has 0 saturated carbocycles. The van der Waals surface area contributed by atoms with Crippen molar-refractivity contribution in [3.05, 3.63) is 100 Å². The molecule has 36 heavy (non-hydrogen) atoms. The van der Waals surface area contributed by atoms with Crippen LogP contribution in [0.15, 0.2) is 72.3 Å². The van der Waals surface area contributed by atoms with Gasteiger partial charge in [-0.2, -0.15) is 0 Å². The average molecular weight is 486 g/mol. The SMILES string of the molecule is CCc1ccc(C2/C(=C(\O)c3ccc(OC)c(C)c3)C(=O)C(=O)N2c2cccc(C(=O)OC)c2)cc1. The van der Waals surface area contributed by atoms with Gasteiger partial charge in [-0.05, 0) is 66.4 Å². The lowest BCUT2D eigenvalue weighted by atomic mass is 9.93. The highest BCUT2D eigenvalue weighted by atomic mass is 16.5. The van der Waals surface area contributed by atoms with Gasteiger partial charge in [0.25, 0.3) is 11.7 Å². The van der Waals surface area contributed by atoms with Crippen molar-refractivity contribution in [3.8, 4) is 5.75 Å². The molecular weight excluding hydrogens is 458 g/mol. The van der Waals surface area contributed by atoms with E-state index in [1.807, 2.05) is 38.1 Å². The Balaban J connectivity index is 1.93. The molecular formula is C29H27NO6. The molecule has 3 aromatic carbocycles. The number of aliphatic hydroxyl groups is 1. The number of amides is 1. The van der Waals surface area contributed by atoms with Gasteiger partial charge in [-0.3, -0.25) is 14.5 Å². The fourth-order valence-electron chi connectivity index (χ4n) is 4.43. The first-order valence-electron chi connectivity index (χ1n) is 11.5. The van der Waals surface area contributed by atoms with Crippen LogP contribution < -0.4 is 9.64 Å². The van der Waals surface area contributed by atoms with Crippen LogP contribution in [0.5, 0.6) is 5.75 Å². The van der Waals surface area contributed by atoms with Gasteiger partial charge in [-0.25, -0.2) is 4.79 Å². The minimum atomic E-state index is -0.897. The Labute approximate surface area is 209 Å². The van der Waals surface area contributed by atoms with Crippen LogP contribution in [0.3, 0.4) is 0 Å². The lowest BCUT2D eigenvalue weighted by Crippen LogP contribution is -2.29. The average Bonchev–Trinajstić information content (AvgIpc) is 3.17. The predicted octanol–water partition coefficient (Wildman–Crippen LogP) is 4.98. The first-order chi connectivity index (χ1) is 17.3. The second-order valence-electron chi connectivity index (χ2n) is 8.49. The summed E-state index contributed by atoms with van der Waals surface area (Å²) in [5.74, 6) is -1.82. The van der Waals surface area contributed by atoms with Crippen LogP contribution in [0.4, 0.5) is 5.69 Å². The largest absolute Gasteiger partial charge is 0.507 e. The molecule has 1 atom stereocenters. The lowest BCUT2D eigenvalue weighted by Gasteiger charge is -2.26. The number of ketones is 1. The fourth-order valence-corrected chi connectivity index (χ4v) is 4.43. The minimum absolute atomic E-state index is 0.0303. The van der Waals surface area contributed by atoms with Crippen molar-refractivity contribution in [2.45, 2.75) is 26.3 Å². The van der Waals surface area contributed by atoms with E-state index in [0.717, 1.165) is 17.5 Å². The number of aliphatic hydroxyl groups excluding tert-OH is 1. The van der Waals surface area contributed by atoms with Gasteiger partial charge in [-0.1, -0.05) is 37.3 Å². The Morgan fingerprint density at radius 2 is 1.69 bits per heavy atom. The highest BCUT2D eigenvalue weighted by Crippen LogP contribution is 2.42. The highest BCUT2D eigenvalue weighted by Gasteiger charge is 2.47. The van der Waals surface area contributed by atoms with E-state index in [1.54, 1.807) is 43.5 Å². The predicted molar refractivity (Wildman–Crippen MR) is 136 cm³/mol. The molecule has 184 valence electrons. The van der Waals surface area contributed by atoms with Crippen LogP contribution in [-0.2, 0) is 20.7 Å². The zero-order valence-corrected chi connectivity index (χ0v) is 20.6. The van der Waals surface area contributed by atoms with E-state index in [9.17, 15) is 19.5 Å². The van der Waals surface area contributed by atoms with Crippen molar-refractivity contribution in [2.75, 3.05) is 19.1 Å². The first kappa shape index (κ1) is 24.7. The van der Waals surface area contributed by atoms with Crippen molar-refractivity contribution in [1.82, 2.24) is 0 Å². The van der Waals surface area contributed by atoms with E-state index in [2.05, 4.69) is 0 Å². The maximum atomic E-state index is 13.4. The second kappa shape index (κ2) is 10.1. The van der Waals surface area contributed by atoms with Crippen molar-refractivity contribution < 1.29 is 29.0 Å². The maximum Gasteiger partial charge on any atom is 0.337 e. The number of anilines is 1. The van der Waals surface area contributed by atoms with Crippen molar-refractivity contribution >= 4 is 29.1 Å². The summed E-state index contributed by atoms with van der Waals surface area (Å²) in [4.78, 5) is 40.2. The van der Waals surface area contributed by atoms with Gasteiger partial charge in [0.05, 0.1) is 31.4 Å². The smallest absolute Gasteiger partial charge is 0.337 e. The summed E-state index contributed by atoms with van der Waals surface area (Å²) in [5.41, 5.74) is 3.46. The van der Waals surface area contributed by atoms with E-state index < -0.39 is 23.7 Å². The molecule has 1 amide bonds. The summed E-state index contributed by atoms with van der Waals surface area (Å²) >= 11 is 0. The zero-order valence-electron chi connectivity index (χ0n) is 20.6. The normalized spacial score (nSPS) is 16.8. The number of benzene rings is 3. The van der Waals surface area contributed by atoms with E-state index in [1.165, 1.54) is 18.1 Å². The molecule has 1 aliphatic rings. The van der Waals surface area contributed by atoms with Crippen LogP contribution in [0.2, 0.25) is 0 Å². The Hall–Kier alpha value is -4.39. The van der Waals surface area contributed by atoms with Gasteiger partial charge in [0, 0.05) is 11.3 Å². The Bertz CT molecular complexity index is 1370. The molecule has 3 aromatic rings. The molecule has 0 bridgehead atoms. The summed E-state index contributed by atoms with van der Waals surface area (Å²) in [6.45, 7) is 3.86. The van der Waals surface area contributed by atoms with Crippen LogP contribution in [-0.4, -0.2) is 37.0 Å². The highest BCUT2D eigenvalue weighted by molar-refractivity contribution is 6.51. The molecule has 0 spiro atoms. The number of nitrogens with zero attached hydrogens (tertiary/aromatic N) is 1. The summed E-state index contributed by atoms with van der Waals surface area (Å²) < 4.78 is 10.1. The number of hydrogen-bond donors (Lipinski definition) is 1. The summed E-state index contributed by atoms with van der Waals surface area (Å²) in [6, 6.07) is 18.0. The second-order valence-corrected chi connectivity index (χ2v) is 8.49. The van der Waals surface area contributed by atoms with Gasteiger partial charge in [0.2, 0.25) is 0 Å². The van der Waals surface area contributed by atoms with Crippen LogP contribution >= 0.6 is 0 Å². The summed E-state index contributed by atoms with van der Waals surface area (Å²) in [5, 5.41) is 11.3. The van der Waals surface area contributed by atoms with Crippen LogP contribution in [0.25, 0.3) is 5.76 Å². The number of ether oxygens (including phenoxy) is 2. The molecule has 1 heterocycles. The van der Waals surface area contributed by atoms with Gasteiger partial charge in [-0.15, -0.1) is 0 Å². The van der Waals surface area contributed by atoms with Gasteiger partial charge < -0.3 is 14.6 Å². The molecule has 1 aliphatic heterocycles. The number of rotatable bonds is 6. The van der Waals surface area contributed by atoms with Crippen molar-refractivity contribution in [3.63, 3.8) is 0 Å².